The summed E-state index contributed by atoms with van der Waals surface area (Å²) in [5.41, 5.74) is 17.9. The summed E-state index contributed by atoms with van der Waals surface area (Å²) in [7, 11) is 0. The molecule has 0 bridgehead atoms. The maximum absolute atomic E-state index is 6.91. The van der Waals surface area contributed by atoms with Crippen LogP contribution in [0.25, 0.3) is 55.3 Å². The van der Waals surface area contributed by atoms with Gasteiger partial charge in [-0.25, -0.2) is 0 Å². The van der Waals surface area contributed by atoms with Gasteiger partial charge in [-0.3, -0.25) is 0 Å². The number of furan rings is 1. The Morgan fingerprint density at radius 1 is 0.460 bits per heavy atom. The lowest BCUT2D eigenvalue weighted by Crippen LogP contribution is -2.16. The Labute approximate surface area is 293 Å². The second-order valence-corrected chi connectivity index (χ2v) is 14.9. The van der Waals surface area contributed by atoms with Crippen LogP contribution < -0.4 is 4.90 Å². The van der Waals surface area contributed by atoms with E-state index in [-0.39, 0.29) is 10.8 Å². The highest BCUT2D eigenvalue weighted by Crippen LogP contribution is 2.55. The molecular weight excluding hydrogens is 607 g/mol. The molecule has 0 atom stereocenters. The SMILES string of the molecule is CC1(C)c2ccccc2-c2ccc(N(c3ccc(-c4ccccc4)cc3)c3cccc4oc5c6c(ccc5c34)C(C)(C)c3ccccc3-6)cc21. The van der Waals surface area contributed by atoms with Gasteiger partial charge in [0.25, 0.3) is 0 Å². The topological polar surface area (TPSA) is 16.4 Å². The largest absolute Gasteiger partial charge is 0.455 e. The predicted octanol–water partition coefficient (Wildman–Crippen LogP) is 13.3. The van der Waals surface area contributed by atoms with Gasteiger partial charge in [0.15, 0.2) is 0 Å². The molecule has 0 spiro atoms. The second kappa shape index (κ2) is 10.3. The van der Waals surface area contributed by atoms with Crippen LogP contribution in [-0.2, 0) is 10.8 Å². The molecule has 2 aliphatic rings. The summed E-state index contributed by atoms with van der Waals surface area (Å²) < 4.78 is 6.91. The van der Waals surface area contributed by atoms with E-state index < -0.39 is 0 Å². The van der Waals surface area contributed by atoms with Crippen molar-refractivity contribution in [2.24, 2.45) is 0 Å². The quantitative estimate of drug-likeness (QED) is 0.190. The highest BCUT2D eigenvalue weighted by molar-refractivity contribution is 6.17. The molecule has 240 valence electrons. The number of rotatable bonds is 4. The van der Waals surface area contributed by atoms with Gasteiger partial charge in [-0.05, 0) is 86.5 Å². The van der Waals surface area contributed by atoms with Crippen molar-refractivity contribution >= 4 is 39.0 Å². The van der Waals surface area contributed by atoms with E-state index in [2.05, 4.69) is 184 Å². The smallest absolute Gasteiger partial charge is 0.143 e. The first kappa shape index (κ1) is 29.1. The molecule has 1 heterocycles. The van der Waals surface area contributed by atoms with Gasteiger partial charge in [0.05, 0.1) is 11.1 Å². The first-order chi connectivity index (χ1) is 24.3. The molecule has 2 nitrogen and oxygen atoms in total. The first-order valence-electron chi connectivity index (χ1n) is 17.6. The minimum Gasteiger partial charge on any atom is -0.455 e. The highest BCUT2D eigenvalue weighted by Gasteiger charge is 2.38. The number of nitrogens with zero attached hydrogens (tertiary/aromatic N) is 1. The molecular formula is C48H37NO. The molecule has 1 aromatic heterocycles. The molecule has 0 saturated heterocycles. The average Bonchev–Trinajstić information content (AvgIpc) is 3.73. The van der Waals surface area contributed by atoms with Gasteiger partial charge in [0.2, 0.25) is 0 Å². The molecule has 2 aliphatic carbocycles. The predicted molar refractivity (Wildman–Crippen MR) is 209 cm³/mol. The van der Waals surface area contributed by atoms with Crippen molar-refractivity contribution in [1.82, 2.24) is 0 Å². The fourth-order valence-corrected chi connectivity index (χ4v) is 8.93. The van der Waals surface area contributed by atoms with Gasteiger partial charge in [-0.15, -0.1) is 0 Å². The molecule has 0 fully saturated rings. The van der Waals surface area contributed by atoms with Crippen LogP contribution in [0.3, 0.4) is 0 Å². The van der Waals surface area contributed by atoms with E-state index >= 15 is 0 Å². The van der Waals surface area contributed by atoms with Crippen LogP contribution >= 0.6 is 0 Å². The van der Waals surface area contributed by atoms with Crippen molar-refractivity contribution in [1.29, 1.82) is 0 Å². The molecule has 0 aliphatic heterocycles. The fourth-order valence-electron chi connectivity index (χ4n) is 8.93. The standard InChI is InChI=1S/C48H37NO/c1-47(2)39-18-11-9-16-36(39)44-40(47)28-27-37-45-42(19-12-20-43(45)50-46(37)44)49(32-23-21-31(22-24-32)30-13-6-5-7-14-30)33-25-26-35-34-15-8-10-17-38(34)48(3,4)41(35)29-33/h5-29H,1-4H3. The average molecular weight is 644 g/mol. The van der Waals surface area contributed by atoms with Crippen molar-refractivity contribution in [2.45, 2.75) is 38.5 Å². The van der Waals surface area contributed by atoms with Crippen molar-refractivity contribution in [3.63, 3.8) is 0 Å². The van der Waals surface area contributed by atoms with Crippen LogP contribution in [0.2, 0.25) is 0 Å². The summed E-state index contributed by atoms with van der Waals surface area (Å²) in [6.07, 6.45) is 0. The Balaban J connectivity index is 1.22. The van der Waals surface area contributed by atoms with Crippen LogP contribution in [-0.4, -0.2) is 0 Å². The van der Waals surface area contributed by atoms with Crippen molar-refractivity contribution in [3.8, 4) is 33.4 Å². The number of hydrogen-bond acceptors (Lipinski definition) is 2. The summed E-state index contributed by atoms with van der Waals surface area (Å²) in [5, 5.41) is 2.27. The number of hydrogen-bond donors (Lipinski definition) is 0. The fraction of sp³-hybridized carbons (Fsp3) is 0.125. The van der Waals surface area contributed by atoms with Gasteiger partial charge in [0.1, 0.15) is 11.2 Å². The van der Waals surface area contributed by atoms with Crippen molar-refractivity contribution in [3.05, 3.63) is 174 Å². The Kier molecular flexibility index (Phi) is 6.01. The van der Waals surface area contributed by atoms with Gasteiger partial charge in [-0.1, -0.05) is 143 Å². The minimum absolute atomic E-state index is 0.0940. The number of fused-ring (bicyclic) bond motifs is 10. The third-order valence-electron chi connectivity index (χ3n) is 11.5. The normalized spacial score (nSPS) is 14.7. The summed E-state index contributed by atoms with van der Waals surface area (Å²) in [5.74, 6) is 0. The zero-order chi connectivity index (χ0) is 33.8. The summed E-state index contributed by atoms with van der Waals surface area (Å²) in [6, 6.07) is 55.4. The zero-order valence-corrected chi connectivity index (χ0v) is 28.8. The van der Waals surface area contributed by atoms with Gasteiger partial charge in [0, 0.05) is 33.2 Å². The molecule has 0 amide bonds. The second-order valence-electron chi connectivity index (χ2n) is 14.9. The highest BCUT2D eigenvalue weighted by atomic mass is 16.3. The first-order valence-corrected chi connectivity index (χ1v) is 17.6. The van der Waals surface area contributed by atoms with Gasteiger partial charge >= 0.3 is 0 Å². The molecule has 50 heavy (non-hydrogen) atoms. The lowest BCUT2D eigenvalue weighted by Gasteiger charge is -2.29. The molecule has 2 heteroatoms. The van der Waals surface area contributed by atoms with E-state index in [0.29, 0.717) is 0 Å². The maximum atomic E-state index is 6.91. The Bertz CT molecular complexity index is 2640. The number of benzene rings is 7. The minimum atomic E-state index is -0.111. The third-order valence-corrected chi connectivity index (χ3v) is 11.5. The molecule has 0 N–H and O–H groups in total. The molecule has 7 aromatic carbocycles. The molecule has 0 unspecified atom stereocenters. The van der Waals surface area contributed by atoms with E-state index in [1.54, 1.807) is 0 Å². The summed E-state index contributed by atoms with van der Waals surface area (Å²) in [4.78, 5) is 2.43. The Hall–Kier alpha value is -5.86. The van der Waals surface area contributed by atoms with Crippen LogP contribution in [0.15, 0.2) is 156 Å². The number of anilines is 3. The molecule has 10 rings (SSSR count). The van der Waals surface area contributed by atoms with E-state index in [1.807, 2.05) is 0 Å². The van der Waals surface area contributed by atoms with Crippen LogP contribution in [0.5, 0.6) is 0 Å². The van der Waals surface area contributed by atoms with Crippen molar-refractivity contribution < 1.29 is 4.42 Å². The van der Waals surface area contributed by atoms with E-state index in [1.165, 1.54) is 55.6 Å². The van der Waals surface area contributed by atoms with E-state index in [9.17, 15) is 0 Å². The van der Waals surface area contributed by atoms with Crippen molar-refractivity contribution in [2.75, 3.05) is 4.90 Å². The van der Waals surface area contributed by atoms with Crippen LogP contribution in [0, 0.1) is 0 Å². The van der Waals surface area contributed by atoms with E-state index in [4.69, 9.17) is 4.42 Å². The zero-order valence-electron chi connectivity index (χ0n) is 28.8. The van der Waals surface area contributed by atoms with E-state index in [0.717, 1.165) is 39.0 Å². The molecule has 0 saturated carbocycles. The Morgan fingerprint density at radius 3 is 1.86 bits per heavy atom. The Morgan fingerprint density at radius 2 is 1.08 bits per heavy atom. The summed E-state index contributed by atoms with van der Waals surface area (Å²) in [6.45, 7) is 9.35. The monoisotopic (exact) mass is 643 g/mol. The maximum Gasteiger partial charge on any atom is 0.143 e. The van der Waals surface area contributed by atoms with Crippen LogP contribution in [0.4, 0.5) is 17.1 Å². The summed E-state index contributed by atoms with van der Waals surface area (Å²) >= 11 is 0. The molecule has 0 radical (unpaired) electrons. The lowest BCUT2D eigenvalue weighted by atomic mass is 9.82. The van der Waals surface area contributed by atoms with Gasteiger partial charge < -0.3 is 9.32 Å². The van der Waals surface area contributed by atoms with Gasteiger partial charge in [-0.2, -0.15) is 0 Å². The lowest BCUT2D eigenvalue weighted by molar-refractivity contribution is 0.653. The third kappa shape index (κ3) is 3.96. The molecule has 8 aromatic rings. The van der Waals surface area contributed by atoms with Crippen LogP contribution in [0.1, 0.15) is 49.9 Å².